The molecule has 0 aliphatic heterocycles. The minimum Gasteiger partial charge on any atom is -1.00 e. The molecule has 0 saturated heterocycles. The van der Waals surface area contributed by atoms with E-state index in [2.05, 4.69) is 6.07 Å². The van der Waals surface area contributed by atoms with E-state index in [9.17, 15) is 4.39 Å². The molecule has 10 heavy (non-hydrogen) atoms. The zero-order chi connectivity index (χ0) is 5.11. The predicted octanol–water partition coefficient (Wildman–Crippen LogP) is -4.75. The molecule has 0 N–H and O–H groups in total. The Hall–Kier alpha value is 0.993. The summed E-state index contributed by atoms with van der Waals surface area (Å²) in [7, 11) is 0. The van der Waals surface area contributed by atoms with Crippen molar-refractivity contribution in [1.82, 2.24) is 0 Å². The summed E-state index contributed by atoms with van der Waals surface area (Å²) in [5.41, 5.74) is 0. The summed E-state index contributed by atoms with van der Waals surface area (Å²) >= 11 is 0. The molecule has 0 aliphatic rings. The van der Waals surface area contributed by atoms with E-state index in [1.807, 2.05) is 0 Å². The van der Waals surface area contributed by atoms with E-state index in [1.165, 1.54) is 12.1 Å². The van der Waals surface area contributed by atoms with Crippen molar-refractivity contribution < 1.29 is 38.4 Å². The monoisotopic (exact) mass is 462 g/mol. The Kier molecular flexibility index (Phi) is 17.2. The fraction of sp³-hybridized carbons (Fsp3) is 0. The van der Waals surface area contributed by atoms with E-state index in [-0.39, 0.29) is 66.0 Å². The molecule has 0 nitrogen and oxygen atoms in total. The molecule has 0 unspecified atom stereocenters. The first-order valence-corrected chi connectivity index (χ1v) is 2.01. The molecule has 0 fully saturated rings. The van der Waals surface area contributed by atoms with E-state index in [4.69, 9.17) is 0 Å². The number of rotatable bonds is 0. The third-order valence-electron chi connectivity index (χ3n) is 0.669. The van der Waals surface area contributed by atoms with Gasteiger partial charge in [0.05, 0.1) is 0 Å². The molecule has 0 amide bonds. The van der Waals surface area contributed by atoms with Crippen LogP contribution in [0, 0.1) is 11.9 Å². The van der Waals surface area contributed by atoms with Crippen molar-refractivity contribution in [1.29, 1.82) is 0 Å². The topological polar surface area (TPSA) is 0 Å². The smallest absolute Gasteiger partial charge is 1.00 e. The van der Waals surface area contributed by atoms with Crippen molar-refractivity contribution in [3.05, 3.63) is 36.1 Å². The molecule has 0 spiro atoms. The van der Waals surface area contributed by atoms with Gasteiger partial charge >= 0.3 is 26.2 Å². The van der Waals surface area contributed by atoms with Crippen LogP contribution in [-0.2, 0) is 0 Å². The first-order chi connectivity index (χ1) is 3.39. The molecule has 0 heterocycles. The van der Waals surface area contributed by atoms with Gasteiger partial charge in [0.2, 0.25) is 0 Å². The summed E-state index contributed by atoms with van der Waals surface area (Å²) in [6.07, 6.45) is 0. The van der Waals surface area contributed by atoms with Gasteiger partial charge in [-0.2, -0.15) is 0 Å². The Bertz CT molecular complexity index is 146. The summed E-state index contributed by atoms with van der Waals surface area (Å²) in [5, 5.41) is 0. The number of halogens is 3. The Morgan fingerprint density at radius 1 is 1.30 bits per heavy atom. The van der Waals surface area contributed by atoms with Gasteiger partial charge in [0, 0.05) is 0 Å². The van der Waals surface area contributed by atoms with Crippen LogP contribution in [0.15, 0.2) is 24.3 Å². The van der Waals surface area contributed by atoms with Crippen LogP contribution < -0.4 is 34.0 Å². The van der Waals surface area contributed by atoms with Gasteiger partial charge in [-0.3, -0.25) is 0 Å². The maximum Gasteiger partial charge on any atom is 2.00 e. The molecule has 54 valence electrons. The van der Waals surface area contributed by atoms with Crippen LogP contribution in [0.5, 0.6) is 0 Å². The van der Waals surface area contributed by atoms with Gasteiger partial charge < -0.3 is 34.0 Å². The van der Waals surface area contributed by atoms with Crippen LogP contribution in [0.1, 0.15) is 0 Å². The maximum absolute atomic E-state index is 11.9. The van der Waals surface area contributed by atoms with Crippen molar-refractivity contribution in [2.75, 3.05) is 0 Å². The van der Waals surface area contributed by atoms with Crippen LogP contribution in [0.25, 0.3) is 0 Å². The first-order valence-electron chi connectivity index (χ1n) is 2.01. The van der Waals surface area contributed by atoms with Gasteiger partial charge in [0.1, 0.15) is 5.82 Å². The third-order valence-corrected chi connectivity index (χ3v) is 0.669. The number of benzene rings is 1. The van der Waals surface area contributed by atoms with Gasteiger partial charge in [0.15, 0.2) is 0 Å². The molecular weight excluding hydrogens is 460 g/mol. The minimum absolute atomic E-state index is 0. The molecular formula is C6H4BiBr2F. The average molecular weight is 464 g/mol. The molecule has 0 aliphatic carbocycles. The SMILES string of the molecule is Fc1c[c]ccc1.[Bi+2].[Br-].[Br-]. The standard InChI is InChI=1S/C6H4F.Bi.2BrH/c7-6-4-2-1-3-5-6;;;/h1-2,4-5H;;2*1H/q;+2;;/p-2. The van der Waals surface area contributed by atoms with Gasteiger partial charge in [0.25, 0.3) is 0 Å². The second-order valence-corrected chi connectivity index (χ2v) is 1.22. The summed E-state index contributed by atoms with van der Waals surface area (Å²) in [4.78, 5) is 0. The fourth-order valence-electron chi connectivity index (χ4n) is 0.371. The van der Waals surface area contributed by atoms with E-state index < -0.39 is 0 Å². The van der Waals surface area contributed by atoms with E-state index in [1.54, 1.807) is 12.1 Å². The van der Waals surface area contributed by atoms with Crippen molar-refractivity contribution in [3.8, 4) is 0 Å². The Morgan fingerprint density at radius 2 is 1.90 bits per heavy atom. The zero-order valence-corrected chi connectivity index (χ0v) is 11.5. The quantitative estimate of drug-likeness (QED) is 0.339. The Labute approximate surface area is 99.9 Å². The summed E-state index contributed by atoms with van der Waals surface area (Å²) in [6, 6.07) is 8.53. The van der Waals surface area contributed by atoms with Crippen LogP contribution in [-0.4, -0.2) is 26.2 Å². The largest absolute Gasteiger partial charge is 2.00 e. The van der Waals surface area contributed by atoms with Gasteiger partial charge in [-0.25, -0.2) is 4.39 Å². The molecule has 4 radical (unpaired) electrons. The molecule has 1 aromatic rings. The van der Waals surface area contributed by atoms with Crippen molar-refractivity contribution in [2.24, 2.45) is 0 Å². The van der Waals surface area contributed by atoms with E-state index in [0.717, 1.165) is 0 Å². The van der Waals surface area contributed by atoms with Gasteiger partial charge in [-0.05, 0) is 18.2 Å². The van der Waals surface area contributed by atoms with Gasteiger partial charge in [-0.15, -0.1) is 0 Å². The van der Waals surface area contributed by atoms with E-state index in [0.29, 0.717) is 0 Å². The maximum atomic E-state index is 11.9. The van der Waals surface area contributed by atoms with Gasteiger partial charge in [-0.1, -0.05) is 12.1 Å². The molecule has 0 atom stereocenters. The molecule has 0 aromatic heterocycles. The van der Waals surface area contributed by atoms with Crippen molar-refractivity contribution in [3.63, 3.8) is 0 Å². The number of hydrogen-bond donors (Lipinski definition) is 0. The van der Waals surface area contributed by atoms with Crippen molar-refractivity contribution in [2.45, 2.75) is 0 Å². The van der Waals surface area contributed by atoms with Crippen LogP contribution >= 0.6 is 0 Å². The van der Waals surface area contributed by atoms with Crippen LogP contribution in [0.4, 0.5) is 4.39 Å². The van der Waals surface area contributed by atoms with E-state index >= 15 is 0 Å². The second kappa shape index (κ2) is 9.99. The molecule has 0 saturated carbocycles. The molecule has 1 aromatic carbocycles. The number of hydrogen-bond acceptors (Lipinski definition) is 0. The van der Waals surface area contributed by atoms with Crippen LogP contribution in [0.3, 0.4) is 0 Å². The Balaban J connectivity index is -0.000000163. The van der Waals surface area contributed by atoms with Crippen molar-refractivity contribution >= 4 is 26.2 Å². The summed E-state index contributed by atoms with van der Waals surface area (Å²) < 4.78 is 11.9. The molecule has 0 bridgehead atoms. The summed E-state index contributed by atoms with van der Waals surface area (Å²) in [6.45, 7) is 0. The first kappa shape index (κ1) is 17.2. The summed E-state index contributed by atoms with van der Waals surface area (Å²) in [5.74, 6) is -0.234. The average Bonchev–Trinajstić information content (AvgIpc) is 1.69. The minimum atomic E-state index is -0.234. The predicted molar refractivity (Wildman–Crippen MR) is 31.0 cm³/mol. The zero-order valence-electron chi connectivity index (χ0n) is 4.89. The third kappa shape index (κ3) is 7.10. The van der Waals surface area contributed by atoms with Crippen LogP contribution in [0.2, 0.25) is 0 Å². The fourth-order valence-corrected chi connectivity index (χ4v) is 0.371. The molecule has 1 rings (SSSR count). The second-order valence-electron chi connectivity index (χ2n) is 1.22. The normalized spacial score (nSPS) is 6.10. The molecule has 4 heteroatoms. The Morgan fingerprint density at radius 3 is 2.10 bits per heavy atom.